The summed E-state index contributed by atoms with van der Waals surface area (Å²) in [6.45, 7) is 6.19. The van der Waals surface area contributed by atoms with E-state index in [2.05, 4.69) is 12.2 Å². The van der Waals surface area contributed by atoms with Gasteiger partial charge in [-0.2, -0.15) is 0 Å². The molecule has 0 fully saturated rings. The summed E-state index contributed by atoms with van der Waals surface area (Å²) < 4.78 is 11.2. The SMILES string of the molecule is CCCc1nc(-c2ccc3c(c2)N(CC(=O)Nc2ccc(OCC)cc2)C(=O)C(C)O3)cs1. The van der Waals surface area contributed by atoms with Gasteiger partial charge in [-0.3, -0.25) is 14.5 Å². The van der Waals surface area contributed by atoms with Crippen LogP contribution >= 0.6 is 11.3 Å². The molecule has 2 heterocycles. The molecular formula is C25H27N3O4S. The highest BCUT2D eigenvalue weighted by molar-refractivity contribution is 7.09. The Labute approximate surface area is 197 Å². The summed E-state index contributed by atoms with van der Waals surface area (Å²) >= 11 is 1.63. The van der Waals surface area contributed by atoms with Crippen LogP contribution in [0.25, 0.3) is 11.3 Å². The molecule has 0 bridgehead atoms. The highest BCUT2D eigenvalue weighted by Gasteiger charge is 2.33. The summed E-state index contributed by atoms with van der Waals surface area (Å²) in [5.41, 5.74) is 2.95. The van der Waals surface area contributed by atoms with Gasteiger partial charge in [-0.05, 0) is 69.2 Å². The number of amides is 2. The van der Waals surface area contributed by atoms with Crippen LogP contribution in [0.5, 0.6) is 11.5 Å². The largest absolute Gasteiger partial charge is 0.494 e. The number of aryl methyl sites for hydroxylation is 1. The van der Waals surface area contributed by atoms with Gasteiger partial charge in [0.1, 0.15) is 18.0 Å². The Bertz CT molecular complexity index is 1140. The Hall–Kier alpha value is -3.39. The lowest BCUT2D eigenvalue weighted by molar-refractivity contribution is -0.127. The predicted octanol–water partition coefficient (Wildman–Crippen LogP) is 4.91. The number of hydrogen-bond donors (Lipinski definition) is 1. The lowest BCUT2D eigenvalue weighted by Crippen LogP contribution is -2.47. The molecule has 8 heteroatoms. The first kappa shape index (κ1) is 22.8. The molecule has 172 valence electrons. The molecule has 4 rings (SSSR count). The number of hydrogen-bond acceptors (Lipinski definition) is 6. The molecule has 2 aromatic carbocycles. The van der Waals surface area contributed by atoms with Crippen LogP contribution in [0.2, 0.25) is 0 Å². The van der Waals surface area contributed by atoms with Crippen LogP contribution in [0, 0.1) is 0 Å². The molecule has 1 aliphatic rings. The smallest absolute Gasteiger partial charge is 0.268 e. The molecule has 1 aromatic heterocycles. The average Bonchev–Trinajstić information content (AvgIpc) is 3.27. The minimum Gasteiger partial charge on any atom is -0.494 e. The summed E-state index contributed by atoms with van der Waals surface area (Å²) in [6, 6.07) is 12.8. The van der Waals surface area contributed by atoms with Gasteiger partial charge in [0.15, 0.2) is 6.10 Å². The van der Waals surface area contributed by atoms with Crippen molar-refractivity contribution in [2.24, 2.45) is 0 Å². The van der Waals surface area contributed by atoms with E-state index < -0.39 is 6.10 Å². The molecule has 0 saturated carbocycles. The molecule has 3 aromatic rings. The van der Waals surface area contributed by atoms with Crippen molar-refractivity contribution >= 4 is 34.5 Å². The standard InChI is InChI=1S/C25H27N3O4S/c1-4-6-24-27-20(15-33-24)17-7-12-22-21(13-17)28(25(30)16(3)32-22)14-23(29)26-18-8-10-19(11-9-18)31-5-2/h7-13,15-16H,4-6,14H2,1-3H3,(H,26,29). The van der Waals surface area contributed by atoms with Crippen molar-refractivity contribution in [3.05, 3.63) is 52.9 Å². The van der Waals surface area contributed by atoms with Gasteiger partial charge in [0, 0.05) is 16.6 Å². The van der Waals surface area contributed by atoms with E-state index in [4.69, 9.17) is 14.5 Å². The predicted molar refractivity (Wildman–Crippen MR) is 130 cm³/mol. The molecule has 0 radical (unpaired) electrons. The summed E-state index contributed by atoms with van der Waals surface area (Å²) in [6.07, 6.45) is 1.30. The molecule has 1 aliphatic heterocycles. The molecule has 33 heavy (non-hydrogen) atoms. The van der Waals surface area contributed by atoms with Crippen molar-refractivity contribution in [2.45, 2.75) is 39.7 Å². The third-order valence-electron chi connectivity index (χ3n) is 5.23. The van der Waals surface area contributed by atoms with Crippen LogP contribution in [0.4, 0.5) is 11.4 Å². The lowest BCUT2D eigenvalue weighted by Gasteiger charge is -2.32. The van der Waals surface area contributed by atoms with Gasteiger partial charge in [0.05, 0.1) is 23.0 Å². The van der Waals surface area contributed by atoms with Crippen LogP contribution in [0.15, 0.2) is 47.8 Å². The topological polar surface area (TPSA) is 80.8 Å². The van der Waals surface area contributed by atoms with E-state index in [0.717, 1.165) is 34.9 Å². The molecule has 1 atom stereocenters. The average molecular weight is 466 g/mol. The van der Waals surface area contributed by atoms with Crippen molar-refractivity contribution < 1.29 is 19.1 Å². The number of carbonyl (C=O) groups is 2. The number of benzene rings is 2. The Morgan fingerprint density at radius 1 is 1.21 bits per heavy atom. The van der Waals surface area contributed by atoms with Gasteiger partial charge in [0.25, 0.3) is 5.91 Å². The van der Waals surface area contributed by atoms with Crippen LogP contribution in [0.1, 0.15) is 32.2 Å². The number of fused-ring (bicyclic) bond motifs is 1. The first-order valence-electron chi connectivity index (χ1n) is 11.1. The number of aromatic nitrogens is 1. The minimum atomic E-state index is -0.669. The highest BCUT2D eigenvalue weighted by Crippen LogP contribution is 2.37. The van der Waals surface area contributed by atoms with Crippen LogP contribution in [0.3, 0.4) is 0 Å². The lowest BCUT2D eigenvalue weighted by atomic mass is 10.1. The van der Waals surface area contributed by atoms with Crippen molar-refractivity contribution in [3.63, 3.8) is 0 Å². The first-order valence-corrected chi connectivity index (χ1v) is 12.0. The Morgan fingerprint density at radius 2 is 2.00 bits per heavy atom. The number of nitrogens with zero attached hydrogens (tertiary/aromatic N) is 2. The van der Waals surface area contributed by atoms with Crippen LogP contribution in [-0.2, 0) is 16.0 Å². The van der Waals surface area contributed by atoms with Crippen molar-refractivity contribution in [1.82, 2.24) is 4.98 Å². The molecular weight excluding hydrogens is 438 g/mol. The highest BCUT2D eigenvalue weighted by atomic mass is 32.1. The van der Waals surface area contributed by atoms with E-state index in [1.807, 2.05) is 30.5 Å². The summed E-state index contributed by atoms with van der Waals surface area (Å²) in [5, 5.41) is 5.95. The van der Waals surface area contributed by atoms with Gasteiger partial charge >= 0.3 is 0 Å². The Morgan fingerprint density at radius 3 is 2.73 bits per heavy atom. The molecule has 2 amide bonds. The molecule has 0 spiro atoms. The second kappa shape index (κ2) is 10.0. The zero-order chi connectivity index (χ0) is 23.4. The zero-order valence-electron chi connectivity index (χ0n) is 19.0. The fraction of sp³-hybridized carbons (Fsp3) is 0.320. The number of thiazole rings is 1. The second-order valence-corrected chi connectivity index (χ2v) is 8.69. The van der Waals surface area contributed by atoms with Crippen molar-refractivity contribution in [3.8, 4) is 22.8 Å². The first-order chi connectivity index (χ1) is 16.0. The third-order valence-corrected chi connectivity index (χ3v) is 6.14. The van der Waals surface area contributed by atoms with Gasteiger partial charge in [-0.1, -0.05) is 6.92 Å². The number of rotatable bonds is 8. The van der Waals surface area contributed by atoms with E-state index in [1.165, 1.54) is 4.90 Å². The third kappa shape index (κ3) is 5.17. The number of ether oxygens (including phenoxy) is 2. The molecule has 0 aliphatic carbocycles. The Kier molecular flexibility index (Phi) is 6.93. The number of anilines is 2. The zero-order valence-corrected chi connectivity index (χ0v) is 19.8. The fourth-order valence-electron chi connectivity index (χ4n) is 3.65. The summed E-state index contributed by atoms with van der Waals surface area (Å²) in [7, 11) is 0. The van der Waals surface area contributed by atoms with E-state index in [9.17, 15) is 9.59 Å². The monoisotopic (exact) mass is 465 g/mol. The molecule has 1 unspecified atom stereocenters. The molecule has 0 saturated heterocycles. The van der Waals surface area contributed by atoms with E-state index in [0.29, 0.717) is 23.7 Å². The van der Waals surface area contributed by atoms with Crippen LogP contribution < -0.4 is 19.7 Å². The second-order valence-electron chi connectivity index (χ2n) is 7.75. The van der Waals surface area contributed by atoms with E-state index >= 15 is 0 Å². The van der Waals surface area contributed by atoms with Gasteiger partial charge in [-0.25, -0.2) is 4.98 Å². The van der Waals surface area contributed by atoms with E-state index in [-0.39, 0.29) is 18.4 Å². The van der Waals surface area contributed by atoms with Gasteiger partial charge < -0.3 is 14.8 Å². The fourth-order valence-corrected chi connectivity index (χ4v) is 4.56. The minimum absolute atomic E-state index is 0.117. The van der Waals surface area contributed by atoms with Gasteiger partial charge in [0.2, 0.25) is 5.91 Å². The van der Waals surface area contributed by atoms with Crippen molar-refractivity contribution in [1.29, 1.82) is 0 Å². The quantitative estimate of drug-likeness (QED) is 0.511. The summed E-state index contributed by atoms with van der Waals surface area (Å²) in [5.74, 6) is 0.755. The van der Waals surface area contributed by atoms with E-state index in [1.54, 1.807) is 42.5 Å². The number of nitrogens with one attached hydrogen (secondary N) is 1. The van der Waals surface area contributed by atoms with Gasteiger partial charge in [-0.15, -0.1) is 11.3 Å². The normalized spacial score (nSPS) is 15.1. The number of carbonyl (C=O) groups excluding carboxylic acids is 2. The van der Waals surface area contributed by atoms with Crippen molar-refractivity contribution in [2.75, 3.05) is 23.4 Å². The maximum atomic E-state index is 12.9. The molecule has 1 N–H and O–H groups in total. The molecule has 7 nitrogen and oxygen atoms in total. The Balaban J connectivity index is 1.55. The van der Waals surface area contributed by atoms with Crippen LogP contribution in [-0.4, -0.2) is 36.1 Å². The maximum absolute atomic E-state index is 12.9. The maximum Gasteiger partial charge on any atom is 0.268 e. The summed E-state index contributed by atoms with van der Waals surface area (Å²) in [4.78, 5) is 31.9.